The molecule has 3 rings (SSSR count). The minimum absolute atomic E-state index is 0.220. The molecule has 0 aliphatic carbocycles. The van der Waals surface area contributed by atoms with Gasteiger partial charge >= 0.3 is 12.0 Å². The molecule has 0 aromatic heterocycles. The Morgan fingerprint density at radius 1 is 1.10 bits per heavy atom. The van der Waals surface area contributed by atoms with Crippen molar-refractivity contribution in [1.29, 1.82) is 0 Å². The highest BCUT2D eigenvalue weighted by Gasteiger charge is 2.38. The summed E-state index contributed by atoms with van der Waals surface area (Å²) in [5.74, 6) is 0.708. The number of urea groups is 1. The second-order valence-electron chi connectivity index (χ2n) is 7.66. The van der Waals surface area contributed by atoms with E-state index >= 15 is 0 Å². The first-order valence-electron chi connectivity index (χ1n) is 11.0. The molecule has 0 saturated carbocycles. The van der Waals surface area contributed by atoms with E-state index in [1.807, 2.05) is 13.0 Å². The summed E-state index contributed by atoms with van der Waals surface area (Å²) in [5.41, 5.74) is 1.92. The molecule has 8 nitrogen and oxygen atoms in total. The van der Waals surface area contributed by atoms with Crippen LogP contribution in [0.15, 0.2) is 29.5 Å². The van der Waals surface area contributed by atoms with Crippen molar-refractivity contribution in [3.05, 3.63) is 35.0 Å². The summed E-state index contributed by atoms with van der Waals surface area (Å²) in [6.07, 6.45) is 3.46. The van der Waals surface area contributed by atoms with E-state index < -0.39 is 12.0 Å². The van der Waals surface area contributed by atoms with Gasteiger partial charge in [-0.3, -0.25) is 9.80 Å². The minimum Gasteiger partial charge on any atom is -0.493 e. The molecule has 2 aliphatic rings. The Balaban J connectivity index is 2.10. The molecular weight excluding hydrogens is 398 g/mol. The predicted octanol–water partition coefficient (Wildman–Crippen LogP) is 3.09. The molecule has 8 heteroatoms. The average Bonchev–Trinajstić information content (AvgIpc) is 2.79. The van der Waals surface area contributed by atoms with E-state index in [2.05, 4.69) is 10.2 Å². The molecule has 1 aromatic carbocycles. The van der Waals surface area contributed by atoms with Crippen LogP contribution in [0.25, 0.3) is 0 Å². The predicted molar refractivity (Wildman–Crippen MR) is 117 cm³/mol. The molecule has 1 unspecified atom stereocenters. The largest absolute Gasteiger partial charge is 0.493 e. The summed E-state index contributed by atoms with van der Waals surface area (Å²) in [7, 11) is 3.13. The Labute approximate surface area is 184 Å². The van der Waals surface area contributed by atoms with Gasteiger partial charge < -0.3 is 19.5 Å². The van der Waals surface area contributed by atoms with Gasteiger partial charge in [-0.1, -0.05) is 12.5 Å². The quantitative estimate of drug-likeness (QED) is 0.637. The standard InChI is InChI=1S/C23H33N3O5/c1-5-26-17(15-25-12-8-7-9-13-25)20(22(27)31-6-2)21(24-23(26)28)16-10-11-18(29-3)19(14-16)30-4/h10-11,14,21H,5-9,12-13,15H2,1-4H3,(H,24,28). The molecule has 1 aromatic rings. The second kappa shape index (κ2) is 10.5. The van der Waals surface area contributed by atoms with E-state index in [1.165, 1.54) is 6.42 Å². The number of likely N-dealkylation sites (tertiary alicyclic amines) is 1. The number of likely N-dealkylation sites (N-methyl/N-ethyl adjacent to an activating group) is 1. The molecule has 1 N–H and O–H groups in total. The summed E-state index contributed by atoms with van der Waals surface area (Å²) in [6.45, 7) is 6.88. The van der Waals surface area contributed by atoms with Crippen LogP contribution in [0.3, 0.4) is 0 Å². The van der Waals surface area contributed by atoms with Gasteiger partial charge in [0, 0.05) is 18.8 Å². The molecule has 0 spiro atoms. The summed E-state index contributed by atoms with van der Waals surface area (Å²) in [4.78, 5) is 30.1. The van der Waals surface area contributed by atoms with Crippen molar-refractivity contribution >= 4 is 12.0 Å². The number of nitrogens with zero attached hydrogens (tertiary/aromatic N) is 2. The number of ether oxygens (including phenoxy) is 3. The maximum Gasteiger partial charge on any atom is 0.338 e. The molecule has 2 amide bonds. The molecule has 1 saturated heterocycles. The summed E-state index contributed by atoms with van der Waals surface area (Å²) < 4.78 is 16.2. The third-order valence-corrected chi connectivity index (χ3v) is 5.81. The Morgan fingerprint density at radius 2 is 1.81 bits per heavy atom. The molecule has 170 valence electrons. The van der Waals surface area contributed by atoms with Gasteiger partial charge in [0.05, 0.1) is 32.4 Å². The van der Waals surface area contributed by atoms with Crippen LogP contribution in [0, 0.1) is 0 Å². The van der Waals surface area contributed by atoms with Crippen LogP contribution in [0.4, 0.5) is 4.79 Å². The van der Waals surface area contributed by atoms with Gasteiger partial charge in [-0.15, -0.1) is 0 Å². The number of esters is 1. The van der Waals surface area contributed by atoms with Crippen molar-refractivity contribution in [2.75, 3.05) is 47.0 Å². The second-order valence-corrected chi connectivity index (χ2v) is 7.66. The Kier molecular flexibility index (Phi) is 7.79. The van der Waals surface area contributed by atoms with E-state index in [-0.39, 0.29) is 12.6 Å². The highest BCUT2D eigenvalue weighted by atomic mass is 16.5. The molecule has 1 fully saturated rings. The van der Waals surface area contributed by atoms with E-state index in [4.69, 9.17) is 14.2 Å². The smallest absolute Gasteiger partial charge is 0.338 e. The number of nitrogens with one attached hydrogen (secondary N) is 1. The third kappa shape index (κ3) is 4.95. The number of piperidine rings is 1. The molecule has 0 bridgehead atoms. The van der Waals surface area contributed by atoms with Crippen LogP contribution in [-0.2, 0) is 9.53 Å². The molecule has 2 heterocycles. The van der Waals surface area contributed by atoms with Gasteiger partial charge in [-0.2, -0.15) is 0 Å². The topological polar surface area (TPSA) is 80.3 Å². The first-order valence-corrected chi connectivity index (χ1v) is 11.0. The van der Waals surface area contributed by atoms with Gasteiger partial charge in [0.25, 0.3) is 0 Å². The van der Waals surface area contributed by atoms with E-state index in [9.17, 15) is 9.59 Å². The number of methoxy groups -OCH3 is 2. The molecule has 1 atom stereocenters. The lowest BCUT2D eigenvalue weighted by atomic mass is 9.93. The fourth-order valence-electron chi connectivity index (χ4n) is 4.27. The number of hydrogen-bond donors (Lipinski definition) is 1. The van der Waals surface area contributed by atoms with E-state index in [1.54, 1.807) is 38.2 Å². The summed E-state index contributed by atoms with van der Waals surface area (Å²) in [6, 6.07) is 4.56. The number of benzene rings is 1. The first kappa shape index (κ1) is 22.9. The zero-order valence-corrected chi connectivity index (χ0v) is 18.9. The van der Waals surface area contributed by atoms with Crippen LogP contribution < -0.4 is 14.8 Å². The van der Waals surface area contributed by atoms with Gasteiger partial charge in [-0.05, 0) is 57.5 Å². The van der Waals surface area contributed by atoms with Crippen LogP contribution in [0.1, 0.15) is 44.7 Å². The highest BCUT2D eigenvalue weighted by molar-refractivity contribution is 5.95. The van der Waals surface area contributed by atoms with Crippen molar-refractivity contribution in [2.45, 2.75) is 39.2 Å². The molecule has 31 heavy (non-hydrogen) atoms. The third-order valence-electron chi connectivity index (χ3n) is 5.81. The minimum atomic E-state index is -0.631. The van der Waals surface area contributed by atoms with Crippen molar-refractivity contribution in [2.24, 2.45) is 0 Å². The normalized spacial score (nSPS) is 19.8. The fourth-order valence-corrected chi connectivity index (χ4v) is 4.27. The Hall–Kier alpha value is -2.74. The summed E-state index contributed by atoms with van der Waals surface area (Å²) in [5, 5.41) is 2.99. The van der Waals surface area contributed by atoms with Gasteiger partial charge in [0.2, 0.25) is 0 Å². The summed E-state index contributed by atoms with van der Waals surface area (Å²) >= 11 is 0. The van der Waals surface area contributed by atoms with Gasteiger partial charge in [0.15, 0.2) is 11.5 Å². The lowest BCUT2D eigenvalue weighted by Crippen LogP contribution is -2.51. The Morgan fingerprint density at radius 3 is 2.42 bits per heavy atom. The first-order chi connectivity index (χ1) is 15.0. The maximum atomic E-state index is 13.1. The molecular formula is C23H33N3O5. The van der Waals surface area contributed by atoms with Gasteiger partial charge in [0.1, 0.15) is 0 Å². The van der Waals surface area contributed by atoms with Crippen LogP contribution in [0.5, 0.6) is 11.5 Å². The van der Waals surface area contributed by atoms with Crippen molar-refractivity contribution in [3.8, 4) is 11.5 Å². The van der Waals surface area contributed by atoms with E-state index in [0.29, 0.717) is 35.9 Å². The number of carbonyl (C=O) groups is 2. The zero-order valence-electron chi connectivity index (χ0n) is 18.9. The number of amides is 2. The van der Waals surface area contributed by atoms with Crippen LogP contribution >= 0.6 is 0 Å². The number of rotatable bonds is 8. The van der Waals surface area contributed by atoms with Crippen LogP contribution in [-0.4, -0.2) is 68.8 Å². The Bertz CT molecular complexity index is 833. The lowest BCUT2D eigenvalue weighted by Gasteiger charge is -2.39. The average molecular weight is 432 g/mol. The fraction of sp³-hybridized carbons (Fsp3) is 0.565. The lowest BCUT2D eigenvalue weighted by molar-refractivity contribution is -0.139. The monoisotopic (exact) mass is 431 g/mol. The van der Waals surface area contributed by atoms with Crippen molar-refractivity contribution in [3.63, 3.8) is 0 Å². The molecule has 2 aliphatic heterocycles. The van der Waals surface area contributed by atoms with Gasteiger partial charge in [-0.25, -0.2) is 9.59 Å². The highest BCUT2D eigenvalue weighted by Crippen LogP contribution is 2.36. The zero-order chi connectivity index (χ0) is 22.4. The van der Waals surface area contributed by atoms with Crippen molar-refractivity contribution in [1.82, 2.24) is 15.1 Å². The maximum absolute atomic E-state index is 13.1. The number of hydrogen-bond acceptors (Lipinski definition) is 6. The SMILES string of the molecule is CCOC(=O)C1=C(CN2CCCCC2)N(CC)C(=O)NC1c1ccc(OC)c(OC)c1. The molecule has 0 radical (unpaired) electrons. The van der Waals surface area contributed by atoms with E-state index in [0.717, 1.165) is 31.5 Å². The van der Waals surface area contributed by atoms with Crippen LogP contribution in [0.2, 0.25) is 0 Å². The number of carbonyl (C=O) groups excluding carboxylic acids is 2. The van der Waals surface area contributed by atoms with Crippen molar-refractivity contribution < 1.29 is 23.8 Å².